The van der Waals surface area contributed by atoms with Gasteiger partial charge in [-0.2, -0.15) is 0 Å². The molecule has 1 N–H and O–H groups in total. The fourth-order valence-electron chi connectivity index (χ4n) is 4.26. The molecule has 0 fully saturated rings. The third kappa shape index (κ3) is 5.13. The highest BCUT2D eigenvalue weighted by molar-refractivity contribution is 5.88. The van der Waals surface area contributed by atoms with E-state index in [-0.39, 0.29) is 0 Å². The second-order valence-corrected chi connectivity index (χ2v) is 8.09. The Hall–Kier alpha value is -2.35. The van der Waals surface area contributed by atoms with E-state index in [4.69, 9.17) is 5.11 Å². The Labute approximate surface area is 169 Å². The van der Waals surface area contributed by atoms with E-state index < -0.39 is 5.97 Å². The Morgan fingerprint density at radius 2 is 1.54 bits per heavy atom. The molecular formula is C26H32O2. The molecule has 3 rings (SSSR count). The normalized spacial score (nSPS) is 16.8. The van der Waals surface area contributed by atoms with Crippen molar-refractivity contribution in [3.63, 3.8) is 0 Å². The first-order chi connectivity index (χ1) is 13.6. The van der Waals surface area contributed by atoms with E-state index in [9.17, 15) is 4.79 Å². The van der Waals surface area contributed by atoms with E-state index in [0.29, 0.717) is 5.56 Å². The van der Waals surface area contributed by atoms with Crippen molar-refractivity contribution in [1.29, 1.82) is 0 Å². The Bertz CT molecular complexity index is 795. The summed E-state index contributed by atoms with van der Waals surface area (Å²) in [6.45, 7) is 4.63. The highest BCUT2D eigenvalue weighted by Gasteiger charge is 2.17. The smallest absolute Gasteiger partial charge is 0.335 e. The van der Waals surface area contributed by atoms with Gasteiger partial charge in [0, 0.05) is 0 Å². The number of carbonyl (C=O) groups is 1. The van der Waals surface area contributed by atoms with Gasteiger partial charge in [0.1, 0.15) is 0 Å². The lowest BCUT2D eigenvalue weighted by atomic mass is 9.82. The van der Waals surface area contributed by atoms with Crippen LogP contribution in [0, 0.1) is 11.8 Å². The summed E-state index contributed by atoms with van der Waals surface area (Å²) in [5, 5.41) is 9.03. The minimum absolute atomic E-state index is 0.325. The molecule has 0 aliphatic heterocycles. The summed E-state index contributed by atoms with van der Waals surface area (Å²) in [6, 6.07) is 15.8. The van der Waals surface area contributed by atoms with Gasteiger partial charge < -0.3 is 5.11 Å². The van der Waals surface area contributed by atoms with Crippen LogP contribution in [-0.4, -0.2) is 11.1 Å². The fourth-order valence-corrected chi connectivity index (χ4v) is 4.26. The van der Waals surface area contributed by atoms with E-state index in [1.165, 1.54) is 56.1 Å². The minimum Gasteiger partial charge on any atom is -0.478 e. The number of aromatic carboxylic acids is 1. The fraction of sp³-hybridized carbons (Fsp3) is 0.423. The van der Waals surface area contributed by atoms with Crippen molar-refractivity contribution in [2.24, 2.45) is 11.8 Å². The molecule has 0 bridgehead atoms. The van der Waals surface area contributed by atoms with Gasteiger partial charge in [0.2, 0.25) is 0 Å². The second kappa shape index (κ2) is 9.73. The maximum atomic E-state index is 11.0. The topological polar surface area (TPSA) is 37.3 Å². The number of carboxylic acids is 1. The minimum atomic E-state index is -0.885. The monoisotopic (exact) mass is 376 g/mol. The van der Waals surface area contributed by atoms with Crippen LogP contribution < -0.4 is 0 Å². The third-order valence-electron chi connectivity index (χ3n) is 6.38. The number of allylic oxidation sites excluding steroid dienone is 2. The highest BCUT2D eigenvalue weighted by atomic mass is 16.4. The first-order valence-electron chi connectivity index (χ1n) is 10.7. The number of benzene rings is 2. The molecule has 0 amide bonds. The van der Waals surface area contributed by atoms with Gasteiger partial charge in [-0.1, -0.05) is 75.6 Å². The molecule has 0 aromatic heterocycles. The van der Waals surface area contributed by atoms with Gasteiger partial charge in [-0.3, -0.25) is 0 Å². The zero-order valence-corrected chi connectivity index (χ0v) is 17.2. The van der Waals surface area contributed by atoms with Gasteiger partial charge in [0.15, 0.2) is 0 Å². The third-order valence-corrected chi connectivity index (χ3v) is 6.38. The molecule has 2 aromatic rings. The molecule has 0 heterocycles. The summed E-state index contributed by atoms with van der Waals surface area (Å²) in [5.74, 6) is 0.878. The van der Waals surface area contributed by atoms with Gasteiger partial charge >= 0.3 is 5.97 Å². The van der Waals surface area contributed by atoms with Gasteiger partial charge in [-0.05, 0) is 71.9 Å². The molecule has 28 heavy (non-hydrogen) atoms. The highest BCUT2D eigenvalue weighted by Crippen LogP contribution is 2.34. The molecule has 1 unspecified atom stereocenters. The largest absolute Gasteiger partial charge is 0.478 e. The predicted octanol–water partition coefficient (Wildman–Crippen LogP) is 7.45. The number of carboxylic acid groups (broad SMARTS) is 1. The molecule has 1 aliphatic carbocycles. The number of hydrogen-bond donors (Lipinski definition) is 1. The van der Waals surface area contributed by atoms with Crippen LogP contribution in [0.15, 0.2) is 54.6 Å². The van der Waals surface area contributed by atoms with E-state index in [0.717, 1.165) is 23.0 Å². The molecule has 0 radical (unpaired) electrons. The Morgan fingerprint density at radius 1 is 0.964 bits per heavy atom. The van der Waals surface area contributed by atoms with E-state index in [2.05, 4.69) is 44.2 Å². The summed E-state index contributed by atoms with van der Waals surface area (Å²) in [4.78, 5) is 11.0. The van der Waals surface area contributed by atoms with Crippen molar-refractivity contribution in [3.05, 3.63) is 65.7 Å². The average molecular weight is 377 g/mol. The molecule has 2 nitrogen and oxygen atoms in total. The van der Waals surface area contributed by atoms with Gasteiger partial charge in [-0.15, -0.1) is 0 Å². The summed E-state index contributed by atoms with van der Waals surface area (Å²) in [5.41, 5.74) is 5.30. The van der Waals surface area contributed by atoms with Crippen LogP contribution in [0.1, 0.15) is 74.7 Å². The van der Waals surface area contributed by atoms with E-state index >= 15 is 0 Å². The summed E-state index contributed by atoms with van der Waals surface area (Å²) < 4.78 is 0. The number of rotatable bonds is 8. The molecule has 0 spiro atoms. The zero-order chi connectivity index (χ0) is 19.9. The summed E-state index contributed by atoms with van der Waals surface area (Å²) in [7, 11) is 0. The van der Waals surface area contributed by atoms with Crippen LogP contribution >= 0.6 is 0 Å². The van der Waals surface area contributed by atoms with Crippen LogP contribution in [0.2, 0.25) is 0 Å². The molecule has 2 aromatic carbocycles. The first-order valence-corrected chi connectivity index (χ1v) is 10.7. The van der Waals surface area contributed by atoms with Crippen LogP contribution in [0.4, 0.5) is 0 Å². The lowest BCUT2D eigenvalue weighted by Crippen LogP contribution is -2.08. The Kier molecular flexibility index (Phi) is 7.08. The molecular weight excluding hydrogens is 344 g/mol. The summed E-state index contributed by atoms with van der Waals surface area (Å²) >= 11 is 0. The molecule has 148 valence electrons. The molecule has 2 heteroatoms. The van der Waals surface area contributed by atoms with Gasteiger partial charge in [-0.25, -0.2) is 4.79 Å². The van der Waals surface area contributed by atoms with Crippen molar-refractivity contribution in [2.45, 2.75) is 58.8 Å². The molecule has 1 aliphatic rings. The Balaban J connectivity index is 1.60. The van der Waals surface area contributed by atoms with Crippen molar-refractivity contribution >= 4 is 11.5 Å². The average Bonchev–Trinajstić information content (AvgIpc) is 2.75. The Morgan fingerprint density at radius 3 is 2.04 bits per heavy atom. The predicted molar refractivity (Wildman–Crippen MR) is 117 cm³/mol. The summed E-state index contributed by atoms with van der Waals surface area (Å²) in [6.07, 6.45) is 11.6. The maximum absolute atomic E-state index is 11.0. The van der Waals surface area contributed by atoms with E-state index in [1.54, 1.807) is 12.1 Å². The second-order valence-electron chi connectivity index (χ2n) is 8.09. The maximum Gasteiger partial charge on any atom is 0.335 e. The van der Waals surface area contributed by atoms with Crippen molar-refractivity contribution < 1.29 is 9.90 Å². The van der Waals surface area contributed by atoms with Crippen LogP contribution in [0.5, 0.6) is 0 Å². The quantitative estimate of drug-likeness (QED) is 0.519. The van der Waals surface area contributed by atoms with Crippen LogP contribution in [0.3, 0.4) is 0 Å². The lowest BCUT2D eigenvalue weighted by Gasteiger charge is -2.24. The van der Waals surface area contributed by atoms with Crippen molar-refractivity contribution in [1.82, 2.24) is 0 Å². The van der Waals surface area contributed by atoms with Gasteiger partial charge in [0.25, 0.3) is 0 Å². The standard InChI is InChI=1S/C26H32O2/c1-3-19(4-2)5-6-20-7-9-21(10-8-20)22-11-13-23(14-12-22)24-15-17-25(18-16-24)26(27)28/h9,11-20H,3-8,10H2,1-2H3,(H,27,28). The first kappa shape index (κ1) is 20.4. The van der Waals surface area contributed by atoms with Gasteiger partial charge in [0.05, 0.1) is 5.56 Å². The zero-order valence-electron chi connectivity index (χ0n) is 17.2. The molecule has 0 saturated heterocycles. The van der Waals surface area contributed by atoms with E-state index in [1.807, 2.05) is 12.1 Å². The van der Waals surface area contributed by atoms with Crippen molar-refractivity contribution in [2.75, 3.05) is 0 Å². The number of hydrogen-bond acceptors (Lipinski definition) is 1. The molecule has 1 atom stereocenters. The molecule has 0 saturated carbocycles. The van der Waals surface area contributed by atoms with Crippen LogP contribution in [0.25, 0.3) is 16.7 Å². The van der Waals surface area contributed by atoms with Crippen molar-refractivity contribution in [3.8, 4) is 11.1 Å². The SMILES string of the molecule is CCC(CC)CCC1CC=C(c2ccc(-c3ccc(C(=O)O)cc3)cc2)CC1. The lowest BCUT2D eigenvalue weighted by molar-refractivity contribution is 0.0697. The van der Waals surface area contributed by atoms with Crippen LogP contribution in [-0.2, 0) is 0 Å².